The van der Waals surface area contributed by atoms with Crippen molar-refractivity contribution in [3.63, 3.8) is 0 Å². The van der Waals surface area contributed by atoms with Crippen LogP contribution in [0, 0.1) is 0 Å². The minimum Gasteiger partial charge on any atom is -0.314 e. The lowest BCUT2D eigenvalue weighted by Crippen LogP contribution is -2.45. The number of hydrogen-bond donors (Lipinski definition) is 1. The third-order valence-electron chi connectivity index (χ3n) is 4.71. The topological polar surface area (TPSA) is 37.3 Å². The zero-order valence-electron chi connectivity index (χ0n) is 13.7. The predicted octanol–water partition coefficient (Wildman–Crippen LogP) is 3.36. The van der Waals surface area contributed by atoms with Gasteiger partial charge in [0.2, 0.25) is 5.91 Å². The summed E-state index contributed by atoms with van der Waals surface area (Å²) < 4.78 is 1.79. The standard InChI is InChI=1S/C19H21N3OS/c1-14(23)22-13-16(15-5-2-3-6-17(15)22)19(18-7-4-12-24-18)21-10-8-20-9-11-21/h2-7,12-13,19-20H,8-11H2,1H3/t19-/m0/s1. The highest BCUT2D eigenvalue weighted by Crippen LogP contribution is 2.37. The van der Waals surface area contributed by atoms with Gasteiger partial charge in [-0.3, -0.25) is 14.3 Å². The quantitative estimate of drug-likeness (QED) is 0.795. The number of piperazine rings is 1. The van der Waals surface area contributed by atoms with Crippen LogP contribution in [-0.4, -0.2) is 41.6 Å². The Morgan fingerprint density at radius 3 is 2.67 bits per heavy atom. The van der Waals surface area contributed by atoms with Crippen molar-refractivity contribution >= 4 is 28.1 Å². The summed E-state index contributed by atoms with van der Waals surface area (Å²) in [5.74, 6) is 0.0580. The lowest BCUT2D eigenvalue weighted by molar-refractivity contribution is 0.0941. The number of nitrogens with one attached hydrogen (secondary N) is 1. The van der Waals surface area contributed by atoms with E-state index in [4.69, 9.17) is 0 Å². The number of nitrogens with zero attached hydrogens (tertiary/aromatic N) is 2. The number of rotatable bonds is 3. The van der Waals surface area contributed by atoms with Gasteiger partial charge in [-0.1, -0.05) is 24.3 Å². The van der Waals surface area contributed by atoms with Crippen LogP contribution in [-0.2, 0) is 0 Å². The molecule has 1 atom stereocenters. The zero-order valence-corrected chi connectivity index (χ0v) is 14.6. The van der Waals surface area contributed by atoms with Gasteiger partial charge in [0.15, 0.2) is 0 Å². The number of thiophene rings is 1. The van der Waals surface area contributed by atoms with E-state index in [0.29, 0.717) is 0 Å². The number of carbonyl (C=O) groups excluding carboxylic acids is 1. The highest BCUT2D eigenvalue weighted by molar-refractivity contribution is 7.10. The molecule has 0 aliphatic carbocycles. The fraction of sp³-hybridized carbons (Fsp3) is 0.316. The molecule has 124 valence electrons. The van der Waals surface area contributed by atoms with E-state index in [1.54, 1.807) is 22.8 Å². The second kappa shape index (κ2) is 6.51. The summed E-state index contributed by atoms with van der Waals surface area (Å²) in [4.78, 5) is 16.0. The highest BCUT2D eigenvalue weighted by atomic mass is 32.1. The molecule has 5 heteroatoms. The van der Waals surface area contributed by atoms with Gasteiger partial charge in [-0.15, -0.1) is 11.3 Å². The van der Waals surface area contributed by atoms with E-state index in [9.17, 15) is 4.79 Å². The Morgan fingerprint density at radius 2 is 1.96 bits per heavy atom. The predicted molar refractivity (Wildman–Crippen MR) is 98.8 cm³/mol. The van der Waals surface area contributed by atoms with Crippen molar-refractivity contribution in [3.8, 4) is 0 Å². The average molecular weight is 339 g/mol. The van der Waals surface area contributed by atoms with Crippen molar-refractivity contribution < 1.29 is 4.79 Å². The van der Waals surface area contributed by atoms with Crippen molar-refractivity contribution in [3.05, 3.63) is 58.4 Å². The number of fused-ring (bicyclic) bond motifs is 1. The van der Waals surface area contributed by atoms with E-state index in [1.165, 1.54) is 15.8 Å². The van der Waals surface area contributed by atoms with Crippen LogP contribution < -0.4 is 5.32 Å². The minimum absolute atomic E-state index is 0.0580. The van der Waals surface area contributed by atoms with Gasteiger partial charge in [0.05, 0.1) is 11.6 Å². The van der Waals surface area contributed by atoms with E-state index in [1.807, 2.05) is 18.3 Å². The first-order chi connectivity index (χ1) is 11.8. The molecule has 0 radical (unpaired) electrons. The van der Waals surface area contributed by atoms with Crippen LogP contribution in [0.3, 0.4) is 0 Å². The SMILES string of the molecule is CC(=O)n1cc([C@@H](c2cccs2)N2CCNCC2)c2ccccc21. The lowest BCUT2D eigenvalue weighted by Gasteiger charge is -2.34. The molecule has 1 aliphatic heterocycles. The van der Waals surface area contributed by atoms with Crippen LogP contribution in [0.2, 0.25) is 0 Å². The van der Waals surface area contributed by atoms with Gasteiger partial charge >= 0.3 is 0 Å². The molecule has 24 heavy (non-hydrogen) atoms. The first kappa shape index (κ1) is 15.6. The second-order valence-corrected chi connectivity index (χ2v) is 7.17. The van der Waals surface area contributed by atoms with Crippen LogP contribution in [0.4, 0.5) is 0 Å². The molecular weight excluding hydrogens is 318 g/mol. The van der Waals surface area contributed by atoms with Gasteiger partial charge < -0.3 is 5.32 Å². The fourth-order valence-corrected chi connectivity index (χ4v) is 4.48. The lowest BCUT2D eigenvalue weighted by atomic mass is 10.0. The van der Waals surface area contributed by atoms with Crippen molar-refractivity contribution in [1.29, 1.82) is 0 Å². The number of aromatic nitrogens is 1. The van der Waals surface area contributed by atoms with Gasteiger partial charge in [0.25, 0.3) is 0 Å². The van der Waals surface area contributed by atoms with Crippen LogP contribution in [0.1, 0.15) is 28.2 Å². The molecular formula is C19H21N3OS. The molecule has 1 aromatic carbocycles. The maximum absolute atomic E-state index is 12.1. The minimum atomic E-state index is 0.0580. The molecule has 1 fully saturated rings. The summed E-state index contributed by atoms with van der Waals surface area (Å²) in [6.45, 7) is 5.67. The van der Waals surface area contributed by atoms with Crippen LogP contribution in [0.5, 0.6) is 0 Å². The monoisotopic (exact) mass is 339 g/mol. The summed E-state index contributed by atoms with van der Waals surface area (Å²) in [6, 6.07) is 12.7. The van der Waals surface area contributed by atoms with Gasteiger partial charge in [-0.2, -0.15) is 0 Å². The van der Waals surface area contributed by atoms with Crippen molar-refractivity contribution in [2.75, 3.05) is 26.2 Å². The van der Waals surface area contributed by atoms with E-state index in [2.05, 4.69) is 39.9 Å². The van der Waals surface area contributed by atoms with Crippen LogP contribution in [0.15, 0.2) is 48.0 Å². The summed E-state index contributed by atoms with van der Waals surface area (Å²) >= 11 is 1.79. The van der Waals surface area contributed by atoms with Crippen LogP contribution >= 0.6 is 11.3 Å². The third-order valence-corrected chi connectivity index (χ3v) is 5.63. The van der Waals surface area contributed by atoms with E-state index in [0.717, 1.165) is 31.7 Å². The molecule has 3 heterocycles. The van der Waals surface area contributed by atoms with Gasteiger partial charge in [-0.05, 0) is 17.5 Å². The van der Waals surface area contributed by atoms with E-state index < -0.39 is 0 Å². The van der Waals surface area contributed by atoms with Crippen molar-refractivity contribution in [2.24, 2.45) is 0 Å². The highest BCUT2D eigenvalue weighted by Gasteiger charge is 2.28. The summed E-state index contributed by atoms with van der Waals surface area (Å²) in [5.41, 5.74) is 2.22. The molecule has 0 bridgehead atoms. The molecule has 4 nitrogen and oxygen atoms in total. The summed E-state index contributed by atoms with van der Waals surface area (Å²) in [7, 11) is 0. The zero-order chi connectivity index (χ0) is 16.5. The smallest absolute Gasteiger partial charge is 0.227 e. The molecule has 3 aromatic rings. The van der Waals surface area contributed by atoms with Gasteiger partial charge in [0.1, 0.15) is 0 Å². The van der Waals surface area contributed by atoms with Crippen molar-refractivity contribution in [2.45, 2.75) is 13.0 Å². The molecule has 0 amide bonds. The molecule has 1 aliphatic rings. The van der Waals surface area contributed by atoms with Crippen molar-refractivity contribution in [1.82, 2.24) is 14.8 Å². The molecule has 1 N–H and O–H groups in total. The largest absolute Gasteiger partial charge is 0.314 e. The summed E-state index contributed by atoms with van der Waals surface area (Å²) in [5, 5.41) is 6.73. The molecule has 1 saturated heterocycles. The first-order valence-electron chi connectivity index (χ1n) is 8.35. The molecule has 4 rings (SSSR count). The Balaban J connectivity index is 1.89. The number of para-hydroxylation sites is 1. The molecule has 2 aromatic heterocycles. The molecule has 0 unspecified atom stereocenters. The maximum atomic E-state index is 12.1. The van der Waals surface area contributed by atoms with E-state index in [-0.39, 0.29) is 11.9 Å². The Labute approximate surface area is 145 Å². The molecule has 0 spiro atoms. The van der Waals surface area contributed by atoms with Gasteiger partial charge in [-0.25, -0.2) is 0 Å². The molecule has 0 saturated carbocycles. The Kier molecular flexibility index (Phi) is 4.22. The summed E-state index contributed by atoms with van der Waals surface area (Å²) in [6.07, 6.45) is 2.04. The second-order valence-electron chi connectivity index (χ2n) is 6.19. The normalized spacial score (nSPS) is 17.2. The fourth-order valence-electron chi connectivity index (χ4n) is 3.60. The average Bonchev–Trinajstić information content (AvgIpc) is 3.25. The van der Waals surface area contributed by atoms with Crippen LogP contribution in [0.25, 0.3) is 10.9 Å². The Morgan fingerprint density at radius 1 is 1.17 bits per heavy atom. The number of carbonyl (C=O) groups is 1. The number of hydrogen-bond acceptors (Lipinski definition) is 4. The van der Waals surface area contributed by atoms with Gasteiger partial charge in [0, 0.05) is 55.1 Å². The third kappa shape index (κ3) is 2.69. The number of benzene rings is 1. The van der Waals surface area contributed by atoms with E-state index >= 15 is 0 Å². The Hall–Kier alpha value is -1.95. The first-order valence-corrected chi connectivity index (χ1v) is 9.23. The Bertz CT molecular complexity index is 847. The maximum Gasteiger partial charge on any atom is 0.227 e.